The van der Waals surface area contributed by atoms with Crippen LogP contribution in [0, 0.1) is 6.92 Å². The second kappa shape index (κ2) is 9.69. The Kier molecular flexibility index (Phi) is 7.59. The Hall–Kier alpha value is -2.15. The second-order valence-electron chi connectivity index (χ2n) is 7.17. The lowest BCUT2D eigenvalue weighted by molar-refractivity contribution is -0.135. The predicted molar refractivity (Wildman–Crippen MR) is 106 cm³/mol. The molecule has 2 N–H and O–H groups in total. The molecule has 0 radical (unpaired) electrons. The summed E-state index contributed by atoms with van der Waals surface area (Å²) >= 11 is 0. The standard InChI is InChI=1S/C20H32N4O3/c1-5-8-9-24-13-15(11-17(24)20(27)23(6-2)7-3)22-19(26)16-12-21-14(4)10-18(16)25/h10,12,15,17H,5-9,11,13H2,1-4H3,(H,21,25)(H,22,26)/t15-,17+/m1/s1. The smallest absolute Gasteiger partial charge is 0.257 e. The largest absolute Gasteiger partial charge is 0.364 e. The number of pyridine rings is 1. The maximum absolute atomic E-state index is 12.9. The van der Waals surface area contributed by atoms with Crippen LogP contribution in [0.15, 0.2) is 17.1 Å². The number of nitrogens with zero attached hydrogens (tertiary/aromatic N) is 2. The molecule has 2 heterocycles. The van der Waals surface area contributed by atoms with Gasteiger partial charge in [-0.2, -0.15) is 0 Å². The number of H-pyrrole nitrogens is 1. The molecule has 0 aromatic carbocycles. The fourth-order valence-electron chi connectivity index (χ4n) is 3.63. The Labute approximate surface area is 161 Å². The van der Waals surface area contributed by atoms with Crippen LogP contribution in [-0.2, 0) is 4.79 Å². The molecule has 1 aliphatic heterocycles. The number of likely N-dealkylation sites (tertiary alicyclic amines) is 1. The zero-order chi connectivity index (χ0) is 20.0. The molecule has 0 saturated carbocycles. The topological polar surface area (TPSA) is 85.5 Å². The van der Waals surface area contributed by atoms with Crippen molar-refractivity contribution in [1.82, 2.24) is 20.1 Å². The van der Waals surface area contributed by atoms with Crippen LogP contribution in [0.3, 0.4) is 0 Å². The van der Waals surface area contributed by atoms with Crippen molar-refractivity contribution in [2.45, 2.75) is 59.0 Å². The zero-order valence-corrected chi connectivity index (χ0v) is 16.9. The van der Waals surface area contributed by atoms with E-state index in [9.17, 15) is 14.4 Å². The monoisotopic (exact) mass is 376 g/mol. The minimum atomic E-state index is -0.382. The number of aromatic amines is 1. The molecule has 1 aliphatic rings. The Morgan fingerprint density at radius 2 is 2.00 bits per heavy atom. The third-order valence-corrected chi connectivity index (χ3v) is 5.20. The summed E-state index contributed by atoms with van der Waals surface area (Å²) in [6, 6.07) is 1.07. The normalized spacial score (nSPS) is 19.9. The van der Waals surface area contributed by atoms with E-state index in [1.54, 1.807) is 6.92 Å². The lowest BCUT2D eigenvalue weighted by Gasteiger charge is -2.28. The Morgan fingerprint density at radius 1 is 1.30 bits per heavy atom. The summed E-state index contributed by atoms with van der Waals surface area (Å²) in [5.41, 5.74) is 0.535. The third kappa shape index (κ3) is 5.19. The molecule has 2 atom stereocenters. The Balaban J connectivity index is 2.10. The van der Waals surface area contributed by atoms with E-state index in [0.717, 1.165) is 19.4 Å². The average Bonchev–Trinajstić information content (AvgIpc) is 3.03. The molecule has 0 unspecified atom stereocenters. The van der Waals surface area contributed by atoms with Gasteiger partial charge in [0.15, 0.2) is 5.43 Å². The van der Waals surface area contributed by atoms with E-state index in [1.165, 1.54) is 12.3 Å². The quantitative estimate of drug-likeness (QED) is 0.720. The van der Waals surface area contributed by atoms with E-state index in [2.05, 4.69) is 22.1 Å². The molecule has 1 aromatic heterocycles. The molecule has 27 heavy (non-hydrogen) atoms. The number of nitrogens with one attached hydrogen (secondary N) is 2. The first-order valence-corrected chi connectivity index (χ1v) is 9.94. The van der Waals surface area contributed by atoms with E-state index in [0.29, 0.717) is 31.7 Å². The molecule has 7 heteroatoms. The number of aryl methyl sites for hydroxylation is 1. The van der Waals surface area contributed by atoms with Crippen LogP contribution < -0.4 is 10.7 Å². The van der Waals surface area contributed by atoms with Crippen LogP contribution in [0.2, 0.25) is 0 Å². The highest BCUT2D eigenvalue weighted by Crippen LogP contribution is 2.21. The minimum absolute atomic E-state index is 0.110. The van der Waals surface area contributed by atoms with Crippen molar-refractivity contribution in [3.05, 3.63) is 33.7 Å². The van der Waals surface area contributed by atoms with Gasteiger partial charge in [-0.05, 0) is 40.2 Å². The first-order chi connectivity index (χ1) is 12.9. The van der Waals surface area contributed by atoms with Crippen LogP contribution in [-0.4, -0.2) is 64.9 Å². The molecule has 1 fully saturated rings. The van der Waals surface area contributed by atoms with Gasteiger partial charge in [-0.1, -0.05) is 13.3 Å². The van der Waals surface area contributed by atoms with Crippen molar-refractivity contribution in [3.8, 4) is 0 Å². The van der Waals surface area contributed by atoms with Crippen molar-refractivity contribution in [2.24, 2.45) is 0 Å². The number of aromatic nitrogens is 1. The van der Waals surface area contributed by atoms with Gasteiger partial charge >= 0.3 is 0 Å². The van der Waals surface area contributed by atoms with Crippen molar-refractivity contribution < 1.29 is 9.59 Å². The molecule has 1 saturated heterocycles. The number of rotatable bonds is 8. The maximum atomic E-state index is 12.9. The molecule has 2 amide bonds. The van der Waals surface area contributed by atoms with Gasteiger partial charge < -0.3 is 15.2 Å². The maximum Gasteiger partial charge on any atom is 0.257 e. The molecule has 150 valence electrons. The molecule has 0 aliphatic carbocycles. The lowest BCUT2D eigenvalue weighted by atomic mass is 10.1. The second-order valence-corrected chi connectivity index (χ2v) is 7.17. The number of likely N-dealkylation sites (N-methyl/N-ethyl adjacent to an activating group) is 1. The number of hydrogen-bond acceptors (Lipinski definition) is 4. The molecule has 2 rings (SSSR count). The molecule has 7 nitrogen and oxygen atoms in total. The minimum Gasteiger partial charge on any atom is -0.364 e. The van der Waals surface area contributed by atoms with Gasteiger partial charge in [0.05, 0.1) is 6.04 Å². The van der Waals surface area contributed by atoms with Crippen molar-refractivity contribution >= 4 is 11.8 Å². The highest BCUT2D eigenvalue weighted by molar-refractivity contribution is 5.94. The molecule has 0 spiro atoms. The SMILES string of the molecule is CCCCN1C[C@H](NC(=O)c2c[nH]c(C)cc2=O)C[C@H]1C(=O)N(CC)CC. The van der Waals surface area contributed by atoms with Crippen LogP contribution >= 0.6 is 0 Å². The Morgan fingerprint density at radius 3 is 2.59 bits per heavy atom. The van der Waals surface area contributed by atoms with Crippen LogP contribution in [0.5, 0.6) is 0 Å². The third-order valence-electron chi connectivity index (χ3n) is 5.20. The zero-order valence-electron chi connectivity index (χ0n) is 16.9. The van der Waals surface area contributed by atoms with Gasteiger partial charge in [-0.25, -0.2) is 0 Å². The van der Waals surface area contributed by atoms with Crippen molar-refractivity contribution in [1.29, 1.82) is 0 Å². The summed E-state index contributed by atoms with van der Waals surface area (Å²) in [5, 5.41) is 2.95. The van der Waals surface area contributed by atoms with Gasteiger partial charge in [0, 0.05) is 43.6 Å². The number of carbonyl (C=O) groups is 2. The number of hydrogen-bond donors (Lipinski definition) is 2. The van der Waals surface area contributed by atoms with E-state index in [-0.39, 0.29) is 34.9 Å². The average molecular weight is 377 g/mol. The van der Waals surface area contributed by atoms with Gasteiger partial charge in [0.1, 0.15) is 5.56 Å². The highest BCUT2D eigenvalue weighted by Gasteiger charge is 2.38. The summed E-state index contributed by atoms with van der Waals surface area (Å²) in [6.45, 7) is 10.7. The van der Waals surface area contributed by atoms with E-state index >= 15 is 0 Å². The summed E-state index contributed by atoms with van der Waals surface area (Å²) in [4.78, 5) is 44.4. The van der Waals surface area contributed by atoms with Crippen LogP contribution in [0.25, 0.3) is 0 Å². The predicted octanol–water partition coefficient (Wildman–Crippen LogP) is 1.52. The van der Waals surface area contributed by atoms with Crippen LogP contribution in [0.4, 0.5) is 0 Å². The molecular weight excluding hydrogens is 344 g/mol. The molecular formula is C20H32N4O3. The van der Waals surface area contributed by atoms with Gasteiger partial charge in [-0.15, -0.1) is 0 Å². The number of carbonyl (C=O) groups excluding carboxylic acids is 2. The highest BCUT2D eigenvalue weighted by atomic mass is 16.2. The van der Waals surface area contributed by atoms with Crippen molar-refractivity contribution in [3.63, 3.8) is 0 Å². The number of amides is 2. The Bertz CT molecular complexity index is 711. The van der Waals surface area contributed by atoms with Crippen LogP contribution in [0.1, 0.15) is 56.1 Å². The summed E-state index contributed by atoms with van der Waals surface area (Å²) in [5.74, 6) is -0.256. The van der Waals surface area contributed by atoms with E-state index in [4.69, 9.17) is 0 Å². The molecule has 1 aromatic rings. The first kappa shape index (κ1) is 21.2. The number of unbranched alkanes of at least 4 members (excludes halogenated alkanes) is 1. The van der Waals surface area contributed by atoms with E-state index < -0.39 is 0 Å². The van der Waals surface area contributed by atoms with Crippen molar-refractivity contribution in [2.75, 3.05) is 26.2 Å². The summed E-state index contributed by atoms with van der Waals surface area (Å²) in [6.07, 6.45) is 4.10. The fourth-order valence-corrected chi connectivity index (χ4v) is 3.63. The van der Waals surface area contributed by atoms with Gasteiger partial charge in [0.25, 0.3) is 5.91 Å². The first-order valence-electron chi connectivity index (χ1n) is 9.94. The molecule has 0 bridgehead atoms. The van der Waals surface area contributed by atoms with Gasteiger partial charge in [0.2, 0.25) is 5.91 Å². The summed E-state index contributed by atoms with van der Waals surface area (Å²) < 4.78 is 0. The fraction of sp³-hybridized carbons (Fsp3) is 0.650. The van der Waals surface area contributed by atoms with E-state index in [1.807, 2.05) is 18.7 Å². The summed E-state index contributed by atoms with van der Waals surface area (Å²) in [7, 11) is 0. The lowest BCUT2D eigenvalue weighted by Crippen LogP contribution is -2.45. The van der Waals surface area contributed by atoms with Gasteiger partial charge in [-0.3, -0.25) is 19.3 Å².